The lowest BCUT2D eigenvalue weighted by atomic mass is 10.3. The van der Waals surface area contributed by atoms with Gasteiger partial charge in [0, 0.05) is 31.9 Å². The molecule has 6 heteroatoms. The molecule has 0 bridgehead atoms. The van der Waals surface area contributed by atoms with E-state index in [9.17, 15) is 4.79 Å². The summed E-state index contributed by atoms with van der Waals surface area (Å²) in [6.07, 6.45) is 3.61. The van der Waals surface area contributed by atoms with E-state index in [1.165, 1.54) is 0 Å². The number of carboxylic acids is 1. The first-order valence-corrected chi connectivity index (χ1v) is 6.49. The Labute approximate surface area is 114 Å². The Morgan fingerprint density at radius 2 is 2.11 bits per heavy atom. The molecule has 0 saturated heterocycles. The van der Waals surface area contributed by atoms with Gasteiger partial charge in [0.05, 0.1) is 18.6 Å². The molecule has 1 aromatic rings. The van der Waals surface area contributed by atoms with Crippen LogP contribution in [0, 0.1) is 0 Å². The summed E-state index contributed by atoms with van der Waals surface area (Å²) in [4.78, 5) is 19.1. The molecule has 0 fully saturated rings. The maximum Gasteiger partial charge on any atom is 0.317 e. The van der Waals surface area contributed by atoms with Crippen molar-refractivity contribution in [3.63, 3.8) is 0 Å². The number of nitrogens with zero attached hydrogens (tertiary/aromatic N) is 4. The Morgan fingerprint density at radius 1 is 1.42 bits per heavy atom. The minimum Gasteiger partial charge on any atom is -0.480 e. The zero-order chi connectivity index (χ0) is 14.4. The van der Waals surface area contributed by atoms with Crippen molar-refractivity contribution >= 4 is 5.97 Å². The maximum absolute atomic E-state index is 10.9. The van der Waals surface area contributed by atoms with Crippen molar-refractivity contribution in [1.82, 2.24) is 19.4 Å². The van der Waals surface area contributed by atoms with Crippen LogP contribution in [0.25, 0.3) is 0 Å². The SMILES string of the molecule is CC(C)n1cncc1CN(CCN(C)C)CC(=O)O. The zero-order valence-corrected chi connectivity index (χ0v) is 12.2. The number of aliphatic carboxylic acids is 1. The second kappa shape index (κ2) is 7.25. The molecule has 0 amide bonds. The van der Waals surface area contributed by atoms with Gasteiger partial charge in [-0.2, -0.15) is 0 Å². The number of rotatable bonds is 8. The van der Waals surface area contributed by atoms with Gasteiger partial charge in [-0.15, -0.1) is 0 Å². The Hall–Kier alpha value is -1.40. The van der Waals surface area contributed by atoms with Crippen LogP contribution in [0.1, 0.15) is 25.6 Å². The van der Waals surface area contributed by atoms with Crippen LogP contribution >= 0.6 is 0 Å². The summed E-state index contributed by atoms with van der Waals surface area (Å²) >= 11 is 0. The summed E-state index contributed by atoms with van der Waals surface area (Å²) in [5, 5.41) is 8.98. The number of aromatic nitrogens is 2. The fourth-order valence-corrected chi connectivity index (χ4v) is 1.90. The van der Waals surface area contributed by atoms with Crippen LogP contribution in [-0.4, -0.2) is 64.2 Å². The standard InChI is InChI=1S/C13H24N4O2/c1-11(2)17-10-14-7-12(17)8-16(9-13(18)19)6-5-15(3)4/h7,10-11H,5-6,8-9H2,1-4H3,(H,18,19). The zero-order valence-electron chi connectivity index (χ0n) is 12.2. The Balaban J connectivity index is 2.69. The van der Waals surface area contributed by atoms with Crippen molar-refractivity contribution in [2.45, 2.75) is 26.4 Å². The summed E-state index contributed by atoms with van der Waals surface area (Å²) in [6, 6.07) is 0.332. The van der Waals surface area contributed by atoms with Crippen LogP contribution < -0.4 is 0 Å². The van der Waals surface area contributed by atoms with Crippen molar-refractivity contribution in [2.75, 3.05) is 33.7 Å². The average Bonchev–Trinajstić information content (AvgIpc) is 2.73. The summed E-state index contributed by atoms with van der Waals surface area (Å²) in [7, 11) is 3.97. The van der Waals surface area contributed by atoms with E-state index < -0.39 is 5.97 Å². The van der Waals surface area contributed by atoms with Crippen LogP contribution in [-0.2, 0) is 11.3 Å². The topological polar surface area (TPSA) is 61.6 Å². The number of likely N-dealkylation sites (N-methyl/N-ethyl adjacent to an activating group) is 1. The molecule has 0 spiro atoms. The second-order valence-corrected chi connectivity index (χ2v) is 5.29. The molecule has 1 rings (SSSR count). The highest BCUT2D eigenvalue weighted by Crippen LogP contribution is 2.11. The molecule has 1 N–H and O–H groups in total. The average molecular weight is 268 g/mol. The maximum atomic E-state index is 10.9. The summed E-state index contributed by atoms with van der Waals surface area (Å²) in [5.74, 6) is -0.797. The smallest absolute Gasteiger partial charge is 0.317 e. The fraction of sp³-hybridized carbons (Fsp3) is 0.692. The van der Waals surface area contributed by atoms with Crippen molar-refractivity contribution in [2.24, 2.45) is 0 Å². The van der Waals surface area contributed by atoms with Crippen molar-refractivity contribution in [1.29, 1.82) is 0 Å². The summed E-state index contributed by atoms with van der Waals surface area (Å²) in [6.45, 7) is 6.40. The van der Waals surface area contributed by atoms with E-state index >= 15 is 0 Å². The minimum atomic E-state index is -0.797. The van der Waals surface area contributed by atoms with Gasteiger partial charge in [-0.3, -0.25) is 9.69 Å². The monoisotopic (exact) mass is 268 g/mol. The second-order valence-electron chi connectivity index (χ2n) is 5.29. The summed E-state index contributed by atoms with van der Waals surface area (Å²) in [5.41, 5.74) is 1.05. The normalized spacial score (nSPS) is 11.7. The van der Waals surface area contributed by atoms with Gasteiger partial charge in [-0.1, -0.05) is 0 Å². The lowest BCUT2D eigenvalue weighted by Crippen LogP contribution is -2.35. The first-order chi connectivity index (χ1) is 8.90. The van der Waals surface area contributed by atoms with E-state index in [1.807, 2.05) is 25.2 Å². The molecule has 108 valence electrons. The van der Waals surface area contributed by atoms with Gasteiger partial charge in [-0.05, 0) is 27.9 Å². The molecule has 0 aromatic carbocycles. The van der Waals surface area contributed by atoms with Gasteiger partial charge in [0.15, 0.2) is 0 Å². The highest BCUT2D eigenvalue weighted by Gasteiger charge is 2.14. The van der Waals surface area contributed by atoms with E-state index in [2.05, 4.69) is 28.3 Å². The highest BCUT2D eigenvalue weighted by molar-refractivity contribution is 5.69. The number of imidazole rings is 1. The Morgan fingerprint density at radius 3 is 2.63 bits per heavy atom. The predicted octanol–water partition coefficient (Wildman–Crippen LogP) is 0.912. The molecule has 6 nitrogen and oxygen atoms in total. The molecule has 0 aliphatic rings. The third-order valence-corrected chi connectivity index (χ3v) is 2.91. The molecule has 0 saturated carbocycles. The number of carbonyl (C=O) groups is 1. The van der Waals surface area contributed by atoms with E-state index in [-0.39, 0.29) is 6.54 Å². The third kappa shape index (κ3) is 5.40. The molecular formula is C13H24N4O2. The lowest BCUT2D eigenvalue weighted by molar-refractivity contribution is -0.138. The van der Waals surface area contributed by atoms with E-state index in [4.69, 9.17) is 5.11 Å². The van der Waals surface area contributed by atoms with Crippen molar-refractivity contribution < 1.29 is 9.90 Å². The highest BCUT2D eigenvalue weighted by atomic mass is 16.4. The predicted molar refractivity (Wildman–Crippen MR) is 74.1 cm³/mol. The van der Waals surface area contributed by atoms with Gasteiger partial charge >= 0.3 is 5.97 Å². The van der Waals surface area contributed by atoms with Gasteiger partial charge < -0.3 is 14.6 Å². The first-order valence-electron chi connectivity index (χ1n) is 6.49. The molecule has 0 atom stereocenters. The van der Waals surface area contributed by atoms with Gasteiger partial charge in [0.1, 0.15) is 0 Å². The third-order valence-electron chi connectivity index (χ3n) is 2.91. The molecule has 0 aliphatic carbocycles. The van der Waals surface area contributed by atoms with Crippen LogP contribution in [0.15, 0.2) is 12.5 Å². The fourth-order valence-electron chi connectivity index (χ4n) is 1.90. The number of carboxylic acid groups (broad SMARTS) is 1. The molecule has 19 heavy (non-hydrogen) atoms. The Bertz CT molecular complexity index is 401. The quantitative estimate of drug-likeness (QED) is 0.759. The van der Waals surface area contributed by atoms with E-state index in [0.717, 1.165) is 18.8 Å². The van der Waals surface area contributed by atoms with Gasteiger partial charge in [-0.25, -0.2) is 4.98 Å². The molecular weight excluding hydrogens is 244 g/mol. The van der Waals surface area contributed by atoms with Crippen molar-refractivity contribution in [3.05, 3.63) is 18.2 Å². The van der Waals surface area contributed by atoms with Gasteiger partial charge in [0.25, 0.3) is 0 Å². The first kappa shape index (κ1) is 15.7. The lowest BCUT2D eigenvalue weighted by Gasteiger charge is -2.23. The number of hydrogen-bond donors (Lipinski definition) is 1. The van der Waals surface area contributed by atoms with Crippen molar-refractivity contribution in [3.8, 4) is 0 Å². The number of hydrogen-bond acceptors (Lipinski definition) is 4. The Kier molecular flexibility index (Phi) is 5.98. The van der Waals surface area contributed by atoms with Crippen LogP contribution in [0.2, 0.25) is 0 Å². The van der Waals surface area contributed by atoms with Crippen LogP contribution in [0.4, 0.5) is 0 Å². The molecule has 0 radical (unpaired) electrons. The van der Waals surface area contributed by atoms with Gasteiger partial charge in [0.2, 0.25) is 0 Å². The molecule has 0 unspecified atom stereocenters. The molecule has 1 heterocycles. The summed E-state index contributed by atoms with van der Waals surface area (Å²) < 4.78 is 2.07. The largest absolute Gasteiger partial charge is 0.480 e. The van der Waals surface area contributed by atoms with Crippen LogP contribution in [0.3, 0.4) is 0 Å². The molecule has 1 aromatic heterocycles. The molecule has 0 aliphatic heterocycles. The van der Waals surface area contributed by atoms with E-state index in [0.29, 0.717) is 12.6 Å². The minimum absolute atomic E-state index is 0.0527. The van der Waals surface area contributed by atoms with E-state index in [1.54, 1.807) is 6.33 Å². The van der Waals surface area contributed by atoms with Crippen LogP contribution in [0.5, 0.6) is 0 Å².